The SMILES string of the molecule is CCc1ccc([C@@H]2CCCCN2C(=O)c2cn(CC(F)(F)F)nc2C)o1. The van der Waals surface area contributed by atoms with E-state index in [1.165, 1.54) is 6.20 Å². The second-order valence-electron chi connectivity index (χ2n) is 6.61. The summed E-state index contributed by atoms with van der Waals surface area (Å²) in [6.45, 7) is 2.89. The number of carbonyl (C=O) groups is 1. The van der Waals surface area contributed by atoms with Crippen LogP contribution in [0.3, 0.4) is 0 Å². The minimum atomic E-state index is -4.38. The van der Waals surface area contributed by atoms with Crippen LogP contribution in [0.15, 0.2) is 22.7 Å². The van der Waals surface area contributed by atoms with E-state index in [1.54, 1.807) is 11.8 Å². The molecule has 3 rings (SSSR count). The fraction of sp³-hybridized carbons (Fsp3) is 0.556. The van der Waals surface area contributed by atoms with Crippen molar-refractivity contribution in [1.82, 2.24) is 14.7 Å². The van der Waals surface area contributed by atoms with E-state index in [0.29, 0.717) is 12.2 Å². The number of hydrogen-bond acceptors (Lipinski definition) is 3. The molecule has 0 N–H and O–H groups in total. The van der Waals surface area contributed by atoms with Crippen LogP contribution in [-0.4, -0.2) is 33.3 Å². The molecule has 0 bridgehead atoms. The number of likely N-dealkylation sites (tertiary alicyclic amines) is 1. The minimum Gasteiger partial charge on any atom is -0.464 e. The van der Waals surface area contributed by atoms with Crippen molar-refractivity contribution >= 4 is 5.91 Å². The summed E-state index contributed by atoms with van der Waals surface area (Å²) in [5, 5.41) is 3.85. The standard InChI is InChI=1S/C18H22F3N3O2/c1-3-13-7-8-16(26-13)15-6-4-5-9-24(15)17(25)14-10-23(22-12(14)2)11-18(19,20)21/h7-8,10,15H,3-6,9,11H2,1-2H3/t15-/m0/s1. The van der Waals surface area contributed by atoms with Gasteiger partial charge in [-0.2, -0.15) is 18.3 Å². The van der Waals surface area contributed by atoms with Gasteiger partial charge in [-0.05, 0) is 38.3 Å². The summed E-state index contributed by atoms with van der Waals surface area (Å²) >= 11 is 0. The highest BCUT2D eigenvalue weighted by molar-refractivity contribution is 5.95. The number of nitrogens with zero attached hydrogens (tertiary/aromatic N) is 3. The number of alkyl halides is 3. The van der Waals surface area contributed by atoms with Crippen molar-refractivity contribution < 1.29 is 22.4 Å². The number of halogens is 3. The summed E-state index contributed by atoms with van der Waals surface area (Å²) in [7, 11) is 0. The Balaban J connectivity index is 1.85. The molecule has 26 heavy (non-hydrogen) atoms. The average Bonchev–Trinajstić information content (AvgIpc) is 3.19. The third-order valence-corrected chi connectivity index (χ3v) is 4.64. The van der Waals surface area contributed by atoms with E-state index < -0.39 is 12.7 Å². The summed E-state index contributed by atoms with van der Waals surface area (Å²) < 4.78 is 44.4. The summed E-state index contributed by atoms with van der Waals surface area (Å²) in [5.74, 6) is 1.29. The van der Waals surface area contributed by atoms with Gasteiger partial charge in [0.1, 0.15) is 18.1 Å². The highest BCUT2D eigenvalue weighted by atomic mass is 19.4. The molecule has 0 aliphatic carbocycles. The van der Waals surface area contributed by atoms with Gasteiger partial charge in [0.2, 0.25) is 0 Å². The lowest BCUT2D eigenvalue weighted by molar-refractivity contribution is -0.142. The van der Waals surface area contributed by atoms with Gasteiger partial charge in [0, 0.05) is 19.2 Å². The van der Waals surface area contributed by atoms with E-state index in [0.717, 1.165) is 41.9 Å². The first-order valence-corrected chi connectivity index (χ1v) is 8.79. The number of rotatable bonds is 4. The van der Waals surface area contributed by atoms with Gasteiger partial charge in [0.05, 0.1) is 17.3 Å². The number of hydrogen-bond donors (Lipinski definition) is 0. The van der Waals surface area contributed by atoms with Gasteiger partial charge >= 0.3 is 6.18 Å². The molecule has 2 aromatic heterocycles. The van der Waals surface area contributed by atoms with Crippen molar-refractivity contribution in [1.29, 1.82) is 0 Å². The van der Waals surface area contributed by atoms with Gasteiger partial charge in [0.15, 0.2) is 0 Å². The van der Waals surface area contributed by atoms with Crippen molar-refractivity contribution in [3.05, 3.63) is 41.1 Å². The van der Waals surface area contributed by atoms with E-state index >= 15 is 0 Å². The van der Waals surface area contributed by atoms with E-state index in [1.807, 2.05) is 19.1 Å². The third-order valence-electron chi connectivity index (χ3n) is 4.64. The van der Waals surface area contributed by atoms with Crippen LogP contribution in [-0.2, 0) is 13.0 Å². The van der Waals surface area contributed by atoms with Crippen LogP contribution in [0.4, 0.5) is 13.2 Å². The van der Waals surface area contributed by atoms with E-state index in [2.05, 4.69) is 5.10 Å². The Labute approximate surface area is 149 Å². The van der Waals surface area contributed by atoms with Crippen molar-refractivity contribution in [2.75, 3.05) is 6.54 Å². The minimum absolute atomic E-state index is 0.193. The zero-order valence-electron chi connectivity index (χ0n) is 14.8. The lowest BCUT2D eigenvalue weighted by Gasteiger charge is -2.34. The maximum absolute atomic E-state index is 13.0. The Kier molecular flexibility index (Phi) is 5.11. The van der Waals surface area contributed by atoms with Crippen LogP contribution >= 0.6 is 0 Å². The maximum atomic E-state index is 13.0. The predicted octanol–water partition coefficient (Wildman–Crippen LogP) is 4.28. The molecule has 0 radical (unpaired) electrons. The van der Waals surface area contributed by atoms with Gasteiger partial charge in [-0.3, -0.25) is 9.48 Å². The lowest BCUT2D eigenvalue weighted by atomic mass is 9.99. The van der Waals surface area contributed by atoms with Gasteiger partial charge in [-0.15, -0.1) is 0 Å². The first-order chi connectivity index (χ1) is 12.3. The molecule has 5 nitrogen and oxygen atoms in total. The van der Waals surface area contributed by atoms with Gasteiger partial charge in [0.25, 0.3) is 5.91 Å². The smallest absolute Gasteiger partial charge is 0.408 e. The Hall–Kier alpha value is -2.25. The molecule has 1 aliphatic heterocycles. The Morgan fingerprint density at radius 1 is 1.35 bits per heavy atom. The van der Waals surface area contributed by atoms with Crippen LogP contribution < -0.4 is 0 Å². The van der Waals surface area contributed by atoms with Gasteiger partial charge < -0.3 is 9.32 Å². The monoisotopic (exact) mass is 369 g/mol. The number of amides is 1. The number of aromatic nitrogens is 2. The van der Waals surface area contributed by atoms with Crippen LogP contribution in [0.5, 0.6) is 0 Å². The van der Waals surface area contributed by atoms with Crippen molar-refractivity contribution in [2.24, 2.45) is 0 Å². The second kappa shape index (κ2) is 7.17. The molecule has 1 aliphatic rings. The largest absolute Gasteiger partial charge is 0.464 e. The molecule has 142 valence electrons. The molecule has 2 aromatic rings. The van der Waals surface area contributed by atoms with Gasteiger partial charge in [-0.25, -0.2) is 0 Å². The highest BCUT2D eigenvalue weighted by Gasteiger charge is 2.33. The Morgan fingerprint density at radius 2 is 2.12 bits per heavy atom. The van der Waals surface area contributed by atoms with E-state index in [-0.39, 0.29) is 17.5 Å². The normalized spacial score (nSPS) is 18.3. The van der Waals surface area contributed by atoms with Crippen LogP contribution in [0.25, 0.3) is 0 Å². The summed E-state index contributed by atoms with van der Waals surface area (Å²) in [6, 6.07) is 3.59. The lowest BCUT2D eigenvalue weighted by Crippen LogP contribution is -2.38. The molecule has 0 aromatic carbocycles. The summed E-state index contributed by atoms with van der Waals surface area (Å²) in [5.41, 5.74) is 0.515. The molecule has 3 heterocycles. The molecule has 1 saturated heterocycles. The van der Waals surface area contributed by atoms with Crippen molar-refractivity contribution in [3.63, 3.8) is 0 Å². The topological polar surface area (TPSA) is 51.3 Å². The Morgan fingerprint density at radius 3 is 2.77 bits per heavy atom. The molecule has 1 atom stereocenters. The molecule has 0 saturated carbocycles. The summed E-state index contributed by atoms with van der Waals surface area (Å²) in [6.07, 6.45) is 0.192. The van der Waals surface area contributed by atoms with E-state index in [9.17, 15) is 18.0 Å². The average molecular weight is 369 g/mol. The number of carbonyl (C=O) groups excluding carboxylic acids is 1. The number of furan rings is 1. The molecular weight excluding hydrogens is 347 g/mol. The quantitative estimate of drug-likeness (QED) is 0.808. The fourth-order valence-corrected chi connectivity index (χ4v) is 3.38. The molecule has 0 spiro atoms. The maximum Gasteiger partial charge on any atom is 0.408 e. The van der Waals surface area contributed by atoms with Crippen molar-refractivity contribution in [2.45, 2.75) is 58.3 Å². The highest BCUT2D eigenvalue weighted by Crippen LogP contribution is 2.33. The van der Waals surface area contributed by atoms with Crippen LogP contribution in [0.2, 0.25) is 0 Å². The summed E-state index contributed by atoms with van der Waals surface area (Å²) in [4.78, 5) is 14.7. The number of piperidine rings is 1. The van der Waals surface area contributed by atoms with Crippen LogP contribution in [0, 0.1) is 6.92 Å². The zero-order chi connectivity index (χ0) is 18.9. The first-order valence-electron chi connectivity index (χ1n) is 8.79. The van der Waals surface area contributed by atoms with Crippen molar-refractivity contribution in [3.8, 4) is 0 Å². The second-order valence-corrected chi connectivity index (χ2v) is 6.61. The first kappa shape index (κ1) is 18.5. The predicted molar refractivity (Wildman–Crippen MR) is 88.7 cm³/mol. The molecule has 1 amide bonds. The number of aryl methyl sites for hydroxylation is 2. The fourth-order valence-electron chi connectivity index (χ4n) is 3.38. The zero-order valence-corrected chi connectivity index (χ0v) is 14.8. The van der Waals surface area contributed by atoms with Gasteiger partial charge in [-0.1, -0.05) is 6.92 Å². The molecular formula is C18H22F3N3O2. The molecule has 0 unspecified atom stereocenters. The Bertz CT molecular complexity index is 779. The molecule has 1 fully saturated rings. The molecule has 8 heteroatoms. The van der Waals surface area contributed by atoms with Crippen LogP contribution in [0.1, 0.15) is 59.8 Å². The van der Waals surface area contributed by atoms with E-state index in [4.69, 9.17) is 4.42 Å². The third kappa shape index (κ3) is 3.94.